The molecule has 4 aliphatic carbocycles. The van der Waals surface area contributed by atoms with Crippen LogP contribution in [0, 0.1) is 5.41 Å². The second kappa shape index (κ2) is 7.06. The molecule has 1 atom stereocenters. The maximum atomic E-state index is 13.8. The van der Waals surface area contributed by atoms with Crippen LogP contribution in [0.25, 0.3) is 0 Å². The van der Waals surface area contributed by atoms with Gasteiger partial charge in [0.05, 0.1) is 6.61 Å². The summed E-state index contributed by atoms with van der Waals surface area (Å²) in [7, 11) is 0. The molecule has 0 spiro atoms. The van der Waals surface area contributed by atoms with E-state index in [0.717, 1.165) is 36.0 Å². The van der Waals surface area contributed by atoms with Gasteiger partial charge in [-0.3, -0.25) is 4.79 Å². The Morgan fingerprint density at radius 3 is 2.19 bits per heavy atom. The highest BCUT2D eigenvalue weighted by atomic mass is 16.5. The number of carbonyl (C=O) groups excluding carboxylic acids is 1. The lowest BCUT2D eigenvalue weighted by atomic mass is 9.52. The number of aryl methyl sites for hydroxylation is 1. The second-order valence-corrected chi connectivity index (χ2v) is 9.25. The van der Waals surface area contributed by atoms with Gasteiger partial charge in [0.1, 0.15) is 11.2 Å². The molecule has 156 valence electrons. The van der Waals surface area contributed by atoms with Crippen LogP contribution in [0.1, 0.15) is 64.5 Å². The number of hydrogen-bond donors (Lipinski definition) is 1. The lowest BCUT2D eigenvalue weighted by Gasteiger charge is -2.51. The third-order valence-corrected chi connectivity index (χ3v) is 7.73. The second-order valence-electron chi connectivity index (χ2n) is 9.25. The summed E-state index contributed by atoms with van der Waals surface area (Å²) >= 11 is 0. The first-order chi connectivity index (χ1) is 15.2. The van der Waals surface area contributed by atoms with Crippen molar-refractivity contribution in [1.82, 2.24) is 0 Å². The van der Waals surface area contributed by atoms with Gasteiger partial charge in [-0.05, 0) is 71.6 Å². The van der Waals surface area contributed by atoms with Gasteiger partial charge in [0.15, 0.2) is 0 Å². The van der Waals surface area contributed by atoms with Gasteiger partial charge in [-0.15, -0.1) is 0 Å². The van der Waals surface area contributed by atoms with Crippen molar-refractivity contribution in [3.05, 3.63) is 100 Å². The van der Waals surface area contributed by atoms with Crippen LogP contribution < -0.4 is 4.74 Å². The van der Waals surface area contributed by atoms with E-state index < -0.39 is 5.41 Å². The summed E-state index contributed by atoms with van der Waals surface area (Å²) in [5.74, 6) is 0.287. The SMILES string of the molecule is O=C(Oc1cccc2c1CCCC2)C1(CO)CC2c3ccccc3C1c1ccccc12. The zero-order valence-electron chi connectivity index (χ0n) is 17.5. The number of benzene rings is 3. The monoisotopic (exact) mass is 410 g/mol. The van der Waals surface area contributed by atoms with Crippen molar-refractivity contribution in [3.8, 4) is 5.75 Å². The van der Waals surface area contributed by atoms with Gasteiger partial charge in [0.2, 0.25) is 0 Å². The molecule has 0 aliphatic heterocycles. The number of ether oxygens (including phenoxy) is 1. The maximum absolute atomic E-state index is 13.8. The Hall–Kier alpha value is -2.91. The Morgan fingerprint density at radius 1 is 0.871 bits per heavy atom. The third-order valence-electron chi connectivity index (χ3n) is 7.73. The van der Waals surface area contributed by atoms with Crippen LogP contribution in [0.4, 0.5) is 0 Å². The number of esters is 1. The molecular weight excluding hydrogens is 384 g/mol. The Bertz CT molecular complexity index is 1130. The summed E-state index contributed by atoms with van der Waals surface area (Å²) in [6, 6.07) is 22.8. The minimum atomic E-state index is -0.967. The van der Waals surface area contributed by atoms with Gasteiger partial charge in [0, 0.05) is 11.8 Å². The van der Waals surface area contributed by atoms with E-state index in [1.54, 1.807) is 0 Å². The Labute approximate surface area is 182 Å². The predicted molar refractivity (Wildman–Crippen MR) is 119 cm³/mol. The van der Waals surface area contributed by atoms with E-state index >= 15 is 0 Å². The molecular formula is C28H26O3. The number of carbonyl (C=O) groups is 1. The summed E-state index contributed by atoms with van der Waals surface area (Å²) in [6.45, 7) is -0.218. The van der Waals surface area contributed by atoms with Gasteiger partial charge < -0.3 is 9.84 Å². The van der Waals surface area contributed by atoms with Crippen LogP contribution in [-0.4, -0.2) is 17.7 Å². The van der Waals surface area contributed by atoms with Crippen molar-refractivity contribution in [2.24, 2.45) is 5.41 Å². The molecule has 0 amide bonds. The van der Waals surface area contributed by atoms with Crippen LogP contribution in [-0.2, 0) is 17.6 Å². The quantitative estimate of drug-likeness (QED) is 0.481. The van der Waals surface area contributed by atoms with E-state index in [9.17, 15) is 9.90 Å². The first kappa shape index (κ1) is 18.8. The first-order valence-electron chi connectivity index (χ1n) is 11.3. The summed E-state index contributed by atoms with van der Waals surface area (Å²) in [5, 5.41) is 10.7. The fourth-order valence-corrected chi connectivity index (χ4v) is 6.28. The van der Waals surface area contributed by atoms with E-state index in [1.807, 2.05) is 24.3 Å². The molecule has 4 aliphatic rings. The molecule has 0 saturated heterocycles. The van der Waals surface area contributed by atoms with Crippen LogP contribution in [0.5, 0.6) is 5.75 Å². The first-order valence-corrected chi connectivity index (χ1v) is 11.3. The fourth-order valence-electron chi connectivity index (χ4n) is 6.28. The molecule has 3 aromatic rings. The largest absolute Gasteiger partial charge is 0.426 e. The van der Waals surface area contributed by atoms with Crippen LogP contribution in [0.15, 0.2) is 66.7 Å². The molecule has 2 bridgehead atoms. The van der Waals surface area contributed by atoms with E-state index in [-0.39, 0.29) is 24.4 Å². The number of aliphatic hydroxyl groups is 1. The highest BCUT2D eigenvalue weighted by Gasteiger charge is 2.57. The van der Waals surface area contributed by atoms with Crippen molar-refractivity contribution >= 4 is 5.97 Å². The van der Waals surface area contributed by atoms with E-state index in [2.05, 4.69) is 42.5 Å². The van der Waals surface area contributed by atoms with Crippen LogP contribution in [0.2, 0.25) is 0 Å². The minimum Gasteiger partial charge on any atom is -0.426 e. The molecule has 3 aromatic carbocycles. The van der Waals surface area contributed by atoms with Gasteiger partial charge in [-0.25, -0.2) is 0 Å². The summed E-state index contributed by atoms with van der Waals surface area (Å²) in [4.78, 5) is 13.8. The number of fused-ring (bicyclic) bond motifs is 2. The summed E-state index contributed by atoms with van der Waals surface area (Å²) in [6.07, 6.45) is 4.87. The zero-order valence-corrected chi connectivity index (χ0v) is 17.5. The Morgan fingerprint density at radius 2 is 1.52 bits per heavy atom. The van der Waals surface area contributed by atoms with Crippen molar-refractivity contribution in [3.63, 3.8) is 0 Å². The van der Waals surface area contributed by atoms with Gasteiger partial charge in [-0.1, -0.05) is 60.7 Å². The standard InChI is InChI=1S/C28H26O3/c29-17-28(27(30)31-25-15-7-9-18-8-1-2-10-19(18)25)16-24-20-11-3-5-13-22(20)26(28)23-14-6-4-12-21(23)24/h3-7,9,11-15,24,26,29H,1-2,8,10,16-17H2. The van der Waals surface area contributed by atoms with Gasteiger partial charge in [-0.2, -0.15) is 0 Å². The highest BCUT2D eigenvalue weighted by molar-refractivity contribution is 5.84. The maximum Gasteiger partial charge on any atom is 0.320 e. The number of aliphatic hydroxyl groups excluding tert-OH is 1. The number of hydrogen-bond acceptors (Lipinski definition) is 3. The third kappa shape index (κ3) is 2.66. The Kier molecular flexibility index (Phi) is 4.29. The van der Waals surface area contributed by atoms with E-state index in [1.165, 1.54) is 23.1 Å². The molecule has 3 heteroatoms. The molecule has 0 radical (unpaired) electrons. The van der Waals surface area contributed by atoms with E-state index in [4.69, 9.17) is 4.74 Å². The summed E-state index contributed by atoms with van der Waals surface area (Å²) < 4.78 is 6.13. The van der Waals surface area contributed by atoms with Crippen LogP contribution >= 0.6 is 0 Å². The van der Waals surface area contributed by atoms with Gasteiger partial charge >= 0.3 is 5.97 Å². The van der Waals surface area contributed by atoms with Crippen molar-refractivity contribution in [2.45, 2.75) is 43.9 Å². The predicted octanol–water partition coefficient (Wildman–Crippen LogP) is 5.13. The number of rotatable bonds is 3. The lowest BCUT2D eigenvalue weighted by molar-refractivity contribution is -0.151. The molecule has 1 unspecified atom stereocenters. The molecule has 1 N–H and O–H groups in total. The van der Waals surface area contributed by atoms with Crippen LogP contribution in [0.3, 0.4) is 0 Å². The molecule has 31 heavy (non-hydrogen) atoms. The molecule has 0 aromatic heterocycles. The van der Waals surface area contributed by atoms with Crippen molar-refractivity contribution in [1.29, 1.82) is 0 Å². The lowest BCUT2D eigenvalue weighted by Crippen LogP contribution is -2.50. The molecule has 7 rings (SSSR count). The fraction of sp³-hybridized carbons (Fsp3) is 0.321. The normalized spacial score (nSPS) is 25.3. The topological polar surface area (TPSA) is 46.5 Å². The molecule has 0 heterocycles. The van der Waals surface area contributed by atoms with Gasteiger partial charge in [0.25, 0.3) is 0 Å². The molecule has 3 nitrogen and oxygen atoms in total. The van der Waals surface area contributed by atoms with Crippen molar-refractivity contribution in [2.75, 3.05) is 6.61 Å². The highest BCUT2D eigenvalue weighted by Crippen LogP contribution is 2.61. The average molecular weight is 411 g/mol. The molecule has 0 saturated carbocycles. The summed E-state index contributed by atoms with van der Waals surface area (Å²) in [5.41, 5.74) is 6.34. The van der Waals surface area contributed by atoms with E-state index in [0.29, 0.717) is 12.2 Å². The average Bonchev–Trinajstić information content (AvgIpc) is 2.84. The smallest absolute Gasteiger partial charge is 0.320 e. The zero-order chi connectivity index (χ0) is 21.0. The Balaban J connectivity index is 1.45. The minimum absolute atomic E-state index is 0.0989. The van der Waals surface area contributed by atoms with Crippen molar-refractivity contribution < 1.29 is 14.6 Å². The molecule has 0 fully saturated rings.